The summed E-state index contributed by atoms with van der Waals surface area (Å²) in [7, 11) is 0. The molecule has 0 aliphatic carbocycles. The summed E-state index contributed by atoms with van der Waals surface area (Å²) in [5.74, 6) is -1.27. The van der Waals surface area contributed by atoms with Crippen LogP contribution in [0.1, 0.15) is 0 Å². The fraction of sp³-hybridized carbons (Fsp3) is 1.00. The predicted octanol–water partition coefficient (Wildman–Crippen LogP) is 1.07. The van der Waals surface area contributed by atoms with Crippen LogP contribution in [0.2, 0.25) is 0 Å². The monoisotopic (exact) mass is 171 g/mol. The summed E-state index contributed by atoms with van der Waals surface area (Å²) in [6.07, 6.45) is -4.09. The van der Waals surface area contributed by atoms with Gasteiger partial charge in [-0.25, -0.2) is 0 Å². The fourth-order valence-electron chi connectivity index (χ4n) is 0.999. The molecule has 10 heavy (non-hydrogen) atoms. The minimum Gasteiger partial charge on any atom is -0.315 e. The summed E-state index contributed by atoms with van der Waals surface area (Å²) in [5, 5.41) is 2.06. The molecule has 2 atom stereocenters. The van der Waals surface area contributed by atoms with Crippen LogP contribution in [-0.4, -0.2) is 24.5 Å². The van der Waals surface area contributed by atoms with E-state index in [1.165, 1.54) is 0 Å². The quantitative estimate of drug-likeness (QED) is 0.519. The molecule has 0 saturated carbocycles. The molecule has 0 aromatic rings. The van der Waals surface area contributed by atoms with Crippen molar-refractivity contribution < 1.29 is 13.2 Å². The molecule has 5 heteroatoms. The van der Waals surface area contributed by atoms with E-state index in [-0.39, 0.29) is 6.54 Å². The average molecular weight is 171 g/mol. The summed E-state index contributed by atoms with van der Waals surface area (Å²) >= 11 is 3.80. The lowest BCUT2D eigenvalue weighted by molar-refractivity contribution is -0.167. The molecular formula is C5H8F3NS. The lowest BCUT2D eigenvalue weighted by atomic mass is 10.1. The zero-order valence-electron chi connectivity index (χ0n) is 5.15. The minimum absolute atomic E-state index is 0.0116. The maximum Gasteiger partial charge on any atom is 0.394 e. The first-order valence-electron chi connectivity index (χ1n) is 2.97. The molecule has 0 bridgehead atoms. The number of nitrogens with one attached hydrogen (secondary N) is 1. The second-order valence-electron chi connectivity index (χ2n) is 2.37. The number of rotatable bonds is 0. The standard InChI is InChI=1S/C5H8F3NS/c6-5(7,8)3-1-9-2-4(3)10/h3-4,9-10H,1-2H2. The molecule has 60 valence electrons. The van der Waals surface area contributed by atoms with Gasteiger partial charge < -0.3 is 5.32 Å². The van der Waals surface area contributed by atoms with Crippen LogP contribution in [0.15, 0.2) is 0 Å². The molecule has 1 aliphatic heterocycles. The normalized spacial score (nSPS) is 34.8. The first-order valence-corrected chi connectivity index (χ1v) is 3.49. The zero-order chi connectivity index (χ0) is 7.78. The van der Waals surface area contributed by atoms with E-state index in [0.29, 0.717) is 6.54 Å². The molecule has 1 fully saturated rings. The third-order valence-electron chi connectivity index (χ3n) is 1.60. The van der Waals surface area contributed by atoms with Crippen molar-refractivity contribution in [1.82, 2.24) is 5.32 Å². The van der Waals surface area contributed by atoms with Gasteiger partial charge in [0.15, 0.2) is 0 Å². The topological polar surface area (TPSA) is 12.0 Å². The number of thiol groups is 1. The Balaban J connectivity index is 2.55. The van der Waals surface area contributed by atoms with Crippen LogP contribution >= 0.6 is 12.6 Å². The first kappa shape index (κ1) is 8.20. The predicted molar refractivity (Wildman–Crippen MR) is 35.2 cm³/mol. The highest BCUT2D eigenvalue weighted by Crippen LogP contribution is 2.32. The zero-order valence-corrected chi connectivity index (χ0v) is 6.04. The first-order chi connectivity index (χ1) is 4.52. The van der Waals surface area contributed by atoms with Crippen molar-refractivity contribution in [3.63, 3.8) is 0 Å². The number of halogens is 3. The molecule has 1 N–H and O–H groups in total. The van der Waals surface area contributed by atoms with E-state index >= 15 is 0 Å². The lowest BCUT2D eigenvalue weighted by Gasteiger charge is -2.16. The van der Waals surface area contributed by atoms with Crippen LogP contribution in [0.25, 0.3) is 0 Å². The van der Waals surface area contributed by atoms with Crippen molar-refractivity contribution in [2.75, 3.05) is 13.1 Å². The molecule has 0 amide bonds. The third kappa shape index (κ3) is 1.58. The van der Waals surface area contributed by atoms with Crippen molar-refractivity contribution in [3.05, 3.63) is 0 Å². The van der Waals surface area contributed by atoms with Gasteiger partial charge in [-0.1, -0.05) is 0 Å². The van der Waals surface area contributed by atoms with E-state index in [2.05, 4.69) is 17.9 Å². The van der Waals surface area contributed by atoms with E-state index in [9.17, 15) is 13.2 Å². The Labute approximate surface area is 62.4 Å². The third-order valence-corrected chi connectivity index (χ3v) is 2.15. The average Bonchev–Trinajstić information content (AvgIpc) is 2.11. The van der Waals surface area contributed by atoms with Crippen LogP contribution in [0, 0.1) is 5.92 Å². The van der Waals surface area contributed by atoms with Gasteiger partial charge in [0, 0.05) is 18.3 Å². The van der Waals surface area contributed by atoms with Gasteiger partial charge in [-0.15, -0.1) is 0 Å². The maximum atomic E-state index is 11.9. The van der Waals surface area contributed by atoms with Crippen LogP contribution < -0.4 is 5.32 Å². The van der Waals surface area contributed by atoms with Gasteiger partial charge in [-0.3, -0.25) is 0 Å². The number of hydrogen-bond donors (Lipinski definition) is 2. The van der Waals surface area contributed by atoms with Crippen molar-refractivity contribution in [3.8, 4) is 0 Å². The van der Waals surface area contributed by atoms with Crippen molar-refractivity contribution in [1.29, 1.82) is 0 Å². The summed E-state index contributed by atoms with van der Waals surface area (Å²) in [6.45, 7) is 0.366. The summed E-state index contributed by atoms with van der Waals surface area (Å²) in [4.78, 5) is 0. The molecular weight excluding hydrogens is 163 g/mol. The lowest BCUT2D eigenvalue weighted by Crippen LogP contribution is -2.30. The smallest absolute Gasteiger partial charge is 0.315 e. The molecule has 0 aromatic carbocycles. The van der Waals surface area contributed by atoms with Crippen molar-refractivity contribution in [2.45, 2.75) is 11.4 Å². The highest BCUT2D eigenvalue weighted by atomic mass is 32.1. The molecule has 1 rings (SSSR count). The Bertz CT molecular complexity index is 125. The van der Waals surface area contributed by atoms with Crippen LogP contribution in [0.3, 0.4) is 0 Å². The SMILES string of the molecule is FC(F)(F)C1CNCC1S. The Kier molecular flexibility index (Phi) is 2.15. The summed E-state index contributed by atoms with van der Waals surface area (Å²) in [5.41, 5.74) is 0. The van der Waals surface area contributed by atoms with Gasteiger partial charge in [-0.2, -0.15) is 25.8 Å². The second kappa shape index (κ2) is 2.62. The summed E-state index contributed by atoms with van der Waals surface area (Å²) in [6, 6.07) is 0. The largest absolute Gasteiger partial charge is 0.394 e. The molecule has 0 spiro atoms. The molecule has 0 aromatic heterocycles. The molecule has 0 radical (unpaired) electrons. The highest BCUT2D eigenvalue weighted by molar-refractivity contribution is 7.81. The Morgan fingerprint density at radius 3 is 2.10 bits per heavy atom. The van der Waals surface area contributed by atoms with Gasteiger partial charge in [-0.05, 0) is 0 Å². The molecule has 1 heterocycles. The van der Waals surface area contributed by atoms with Crippen LogP contribution in [-0.2, 0) is 0 Å². The maximum absolute atomic E-state index is 11.9. The Hall–Kier alpha value is 0.100. The van der Waals surface area contributed by atoms with E-state index < -0.39 is 17.3 Å². The molecule has 1 saturated heterocycles. The fourth-order valence-corrected chi connectivity index (χ4v) is 1.40. The molecule has 2 unspecified atom stereocenters. The van der Waals surface area contributed by atoms with Gasteiger partial charge in [0.05, 0.1) is 5.92 Å². The second-order valence-corrected chi connectivity index (χ2v) is 3.04. The van der Waals surface area contributed by atoms with Crippen molar-refractivity contribution >= 4 is 12.6 Å². The van der Waals surface area contributed by atoms with Gasteiger partial charge in [0.25, 0.3) is 0 Å². The van der Waals surface area contributed by atoms with E-state index in [1.54, 1.807) is 0 Å². The minimum atomic E-state index is -4.09. The van der Waals surface area contributed by atoms with Crippen LogP contribution in [0.5, 0.6) is 0 Å². The van der Waals surface area contributed by atoms with E-state index in [1.807, 2.05) is 0 Å². The van der Waals surface area contributed by atoms with Gasteiger partial charge in [0.2, 0.25) is 0 Å². The van der Waals surface area contributed by atoms with Gasteiger partial charge >= 0.3 is 6.18 Å². The van der Waals surface area contributed by atoms with Gasteiger partial charge in [0.1, 0.15) is 0 Å². The molecule has 1 nitrogen and oxygen atoms in total. The summed E-state index contributed by atoms with van der Waals surface area (Å²) < 4.78 is 35.8. The van der Waals surface area contributed by atoms with E-state index in [0.717, 1.165) is 0 Å². The Morgan fingerprint density at radius 2 is 1.90 bits per heavy atom. The number of alkyl halides is 3. The number of hydrogen-bond acceptors (Lipinski definition) is 2. The molecule has 1 aliphatic rings. The van der Waals surface area contributed by atoms with Crippen molar-refractivity contribution in [2.24, 2.45) is 5.92 Å². The Morgan fingerprint density at radius 1 is 1.30 bits per heavy atom. The van der Waals surface area contributed by atoms with Crippen LogP contribution in [0.4, 0.5) is 13.2 Å². The van der Waals surface area contributed by atoms with E-state index in [4.69, 9.17) is 0 Å². The highest BCUT2D eigenvalue weighted by Gasteiger charge is 2.45.